The normalized spacial score (nSPS) is 16.6. The Hall–Kier alpha value is -1.55. The van der Waals surface area contributed by atoms with Crippen molar-refractivity contribution in [3.8, 4) is 0 Å². The number of anilines is 2. The van der Waals surface area contributed by atoms with Crippen LogP contribution in [-0.2, 0) is 4.79 Å². The summed E-state index contributed by atoms with van der Waals surface area (Å²) in [4.78, 5) is 14.7. The van der Waals surface area contributed by atoms with Crippen LogP contribution in [0.1, 0.15) is 33.1 Å². The van der Waals surface area contributed by atoms with Crippen molar-refractivity contribution in [1.29, 1.82) is 0 Å². The summed E-state index contributed by atoms with van der Waals surface area (Å²) in [7, 11) is 0. The molecule has 1 saturated heterocycles. The maximum absolute atomic E-state index is 12.3. The standard InChI is InChI=1S/C17H27N3O/c1-3-18-13-14(2)17(21)19-15-9-5-6-10-16(15)20-11-7-4-8-12-20/h5-6,9-10,14,18H,3-4,7-8,11-13H2,1-2H3,(H,19,21). The minimum atomic E-state index is -0.0284. The Bertz CT molecular complexity index is 455. The zero-order valence-corrected chi connectivity index (χ0v) is 13.2. The lowest BCUT2D eigenvalue weighted by atomic mass is 10.1. The van der Waals surface area contributed by atoms with Gasteiger partial charge in [-0.25, -0.2) is 0 Å². The van der Waals surface area contributed by atoms with Gasteiger partial charge in [0, 0.05) is 25.6 Å². The van der Waals surface area contributed by atoms with Gasteiger partial charge in [-0.3, -0.25) is 4.79 Å². The molecule has 1 heterocycles. The van der Waals surface area contributed by atoms with Gasteiger partial charge in [0.1, 0.15) is 0 Å². The number of rotatable bonds is 6. The van der Waals surface area contributed by atoms with Crippen LogP contribution >= 0.6 is 0 Å². The molecule has 1 unspecified atom stereocenters. The van der Waals surface area contributed by atoms with Crippen LogP contribution in [0.5, 0.6) is 0 Å². The molecule has 0 aliphatic carbocycles. The highest BCUT2D eigenvalue weighted by Gasteiger charge is 2.17. The molecule has 2 N–H and O–H groups in total. The van der Waals surface area contributed by atoms with E-state index in [1.165, 1.54) is 19.3 Å². The molecule has 1 aromatic rings. The number of nitrogens with zero attached hydrogens (tertiary/aromatic N) is 1. The molecule has 4 nitrogen and oxygen atoms in total. The second kappa shape index (κ2) is 8.03. The van der Waals surface area contributed by atoms with Crippen LogP contribution in [0.3, 0.4) is 0 Å². The highest BCUT2D eigenvalue weighted by Crippen LogP contribution is 2.28. The number of carbonyl (C=O) groups excluding carboxylic acids is 1. The summed E-state index contributed by atoms with van der Waals surface area (Å²) in [6.07, 6.45) is 3.78. The van der Waals surface area contributed by atoms with E-state index in [0.29, 0.717) is 6.54 Å². The molecular formula is C17H27N3O. The van der Waals surface area contributed by atoms with Gasteiger partial charge in [-0.2, -0.15) is 0 Å². The summed E-state index contributed by atoms with van der Waals surface area (Å²) in [6, 6.07) is 8.14. The molecule has 116 valence electrons. The van der Waals surface area contributed by atoms with Crippen molar-refractivity contribution in [2.24, 2.45) is 5.92 Å². The van der Waals surface area contributed by atoms with Gasteiger partial charge in [0.25, 0.3) is 0 Å². The van der Waals surface area contributed by atoms with Gasteiger partial charge in [-0.15, -0.1) is 0 Å². The molecule has 4 heteroatoms. The quantitative estimate of drug-likeness (QED) is 0.846. The zero-order valence-electron chi connectivity index (χ0n) is 13.2. The molecule has 0 aromatic heterocycles. The van der Waals surface area contributed by atoms with Gasteiger partial charge >= 0.3 is 0 Å². The van der Waals surface area contributed by atoms with Gasteiger partial charge in [-0.05, 0) is 37.9 Å². The predicted molar refractivity (Wildman–Crippen MR) is 88.8 cm³/mol. The first-order valence-corrected chi connectivity index (χ1v) is 8.08. The van der Waals surface area contributed by atoms with Gasteiger partial charge < -0.3 is 15.5 Å². The molecule has 0 saturated carbocycles. The lowest BCUT2D eigenvalue weighted by Gasteiger charge is -2.30. The lowest BCUT2D eigenvalue weighted by Crippen LogP contribution is -2.33. The molecule has 1 atom stereocenters. The van der Waals surface area contributed by atoms with Crippen molar-refractivity contribution in [2.45, 2.75) is 33.1 Å². The van der Waals surface area contributed by atoms with Gasteiger partial charge in [0.2, 0.25) is 5.91 Å². The Morgan fingerprint density at radius 3 is 2.67 bits per heavy atom. The largest absolute Gasteiger partial charge is 0.370 e. The van der Waals surface area contributed by atoms with E-state index < -0.39 is 0 Å². The van der Waals surface area contributed by atoms with E-state index in [1.54, 1.807) is 0 Å². The van der Waals surface area contributed by atoms with Crippen LogP contribution in [-0.4, -0.2) is 32.1 Å². The number of carbonyl (C=O) groups is 1. The maximum Gasteiger partial charge on any atom is 0.228 e. The third kappa shape index (κ3) is 4.46. The van der Waals surface area contributed by atoms with Gasteiger partial charge in [0.05, 0.1) is 11.4 Å². The summed E-state index contributed by atoms with van der Waals surface area (Å²) < 4.78 is 0. The van der Waals surface area contributed by atoms with Crippen molar-refractivity contribution in [3.05, 3.63) is 24.3 Å². The van der Waals surface area contributed by atoms with Crippen molar-refractivity contribution in [3.63, 3.8) is 0 Å². The van der Waals surface area contributed by atoms with Crippen LogP contribution in [0, 0.1) is 5.92 Å². The predicted octanol–water partition coefficient (Wildman–Crippen LogP) is 2.86. The van der Waals surface area contributed by atoms with Crippen LogP contribution in [0.4, 0.5) is 11.4 Å². The topological polar surface area (TPSA) is 44.4 Å². The highest BCUT2D eigenvalue weighted by atomic mass is 16.1. The average molecular weight is 289 g/mol. The Morgan fingerprint density at radius 1 is 1.24 bits per heavy atom. The summed E-state index contributed by atoms with van der Waals surface area (Å²) >= 11 is 0. The molecule has 0 bridgehead atoms. The first-order chi connectivity index (χ1) is 10.2. The Labute approximate surface area is 127 Å². The fourth-order valence-corrected chi connectivity index (χ4v) is 2.70. The number of benzene rings is 1. The molecule has 1 aliphatic rings. The SMILES string of the molecule is CCNCC(C)C(=O)Nc1ccccc1N1CCCCC1. The Balaban J connectivity index is 2.03. The molecule has 0 radical (unpaired) electrons. The minimum Gasteiger partial charge on any atom is -0.370 e. The highest BCUT2D eigenvalue weighted by molar-refractivity contribution is 5.95. The number of hydrogen-bond acceptors (Lipinski definition) is 3. The number of nitrogens with one attached hydrogen (secondary N) is 2. The smallest absolute Gasteiger partial charge is 0.228 e. The van der Waals surface area contributed by atoms with Crippen LogP contribution in [0.15, 0.2) is 24.3 Å². The van der Waals surface area contributed by atoms with Gasteiger partial charge in [0.15, 0.2) is 0 Å². The summed E-state index contributed by atoms with van der Waals surface area (Å²) in [6.45, 7) is 7.79. The number of piperidine rings is 1. The van der Waals surface area contributed by atoms with Crippen LogP contribution in [0.2, 0.25) is 0 Å². The zero-order chi connectivity index (χ0) is 15.1. The number of hydrogen-bond donors (Lipinski definition) is 2. The molecule has 1 amide bonds. The first kappa shape index (κ1) is 15.8. The molecular weight excluding hydrogens is 262 g/mol. The third-order valence-electron chi connectivity index (χ3n) is 4.01. The second-order valence-electron chi connectivity index (χ2n) is 5.76. The first-order valence-electron chi connectivity index (χ1n) is 8.08. The molecule has 1 aliphatic heterocycles. The summed E-state index contributed by atoms with van der Waals surface area (Å²) in [5.74, 6) is 0.0553. The lowest BCUT2D eigenvalue weighted by molar-refractivity contribution is -0.119. The van der Waals surface area contributed by atoms with E-state index in [1.807, 2.05) is 25.1 Å². The van der Waals surface area contributed by atoms with E-state index in [4.69, 9.17) is 0 Å². The fourth-order valence-electron chi connectivity index (χ4n) is 2.70. The molecule has 1 fully saturated rings. The van der Waals surface area contributed by atoms with Crippen molar-refractivity contribution < 1.29 is 4.79 Å². The number of amides is 1. The average Bonchev–Trinajstić information content (AvgIpc) is 2.54. The van der Waals surface area contributed by atoms with E-state index in [2.05, 4.69) is 28.5 Å². The fraction of sp³-hybridized carbons (Fsp3) is 0.588. The van der Waals surface area contributed by atoms with E-state index >= 15 is 0 Å². The Morgan fingerprint density at radius 2 is 1.95 bits per heavy atom. The van der Waals surface area contributed by atoms with Gasteiger partial charge in [-0.1, -0.05) is 26.0 Å². The van der Waals surface area contributed by atoms with Crippen LogP contribution < -0.4 is 15.5 Å². The maximum atomic E-state index is 12.3. The summed E-state index contributed by atoms with van der Waals surface area (Å²) in [5.41, 5.74) is 2.09. The van der Waals surface area contributed by atoms with E-state index in [9.17, 15) is 4.79 Å². The Kier molecular flexibility index (Phi) is 6.05. The second-order valence-corrected chi connectivity index (χ2v) is 5.76. The third-order valence-corrected chi connectivity index (χ3v) is 4.01. The monoisotopic (exact) mass is 289 g/mol. The molecule has 1 aromatic carbocycles. The van der Waals surface area contributed by atoms with E-state index in [0.717, 1.165) is 31.0 Å². The molecule has 2 rings (SSSR count). The van der Waals surface area contributed by atoms with Crippen molar-refractivity contribution in [2.75, 3.05) is 36.4 Å². The van der Waals surface area contributed by atoms with Crippen LogP contribution in [0.25, 0.3) is 0 Å². The number of para-hydroxylation sites is 2. The van der Waals surface area contributed by atoms with Crippen molar-refractivity contribution >= 4 is 17.3 Å². The van der Waals surface area contributed by atoms with Crippen molar-refractivity contribution in [1.82, 2.24) is 5.32 Å². The molecule has 0 spiro atoms. The summed E-state index contributed by atoms with van der Waals surface area (Å²) in [5, 5.41) is 6.32. The van der Waals surface area contributed by atoms with E-state index in [-0.39, 0.29) is 11.8 Å². The minimum absolute atomic E-state index is 0.0284. The molecule has 21 heavy (non-hydrogen) atoms.